The fraction of sp³-hybridized carbons (Fsp3) is 0.0156. The average molecular weight is 852 g/mol. The molecule has 1 spiro atoms. The lowest BCUT2D eigenvalue weighted by atomic mass is 9.66. The van der Waals surface area contributed by atoms with Crippen LogP contribution in [0.5, 0.6) is 0 Å². The Balaban J connectivity index is 1.04. The molecule has 0 atom stereocenters. The van der Waals surface area contributed by atoms with Crippen LogP contribution in [0.25, 0.3) is 101 Å². The Hall–Kier alpha value is -8.79. The van der Waals surface area contributed by atoms with Gasteiger partial charge in [-0.25, -0.2) is 15.0 Å². The molecule has 1 aromatic heterocycles. The summed E-state index contributed by atoms with van der Waals surface area (Å²) in [5, 5.41) is 0. The van der Waals surface area contributed by atoms with E-state index in [1.807, 2.05) is 6.07 Å². The van der Waals surface area contributed by atoms with Gasteiger partial charge in [-0.2, -0.15) is 0 Å². The maximum atomic E-state index is 5.41. The largest absolute Gasteiger partial charge is 0.208 e. The number of rotatable bonds is 6. The van der Waals surface area contributed by atoms with Crippen molar-refractivity contribution in [1.82, 2.24) is 15.0 Å². The van der Waals surface area contributed by atoms with Gasteiger partial charge >= 0.3 is 0 Å². The highest BCUT2D eigenvalue weighted by atomic mass is 15.0. The Labute approximate surface area is 390 Å². The van der Waals surface area contributed by atoms with Crippen molar-refractivity contribution in [3.8, 4) is 101 Å². The quantitative estimate of drug-likeness (QED) is 0.167. The molecular formula is C64H41N3. The van der Waals surface area contributed by atoms with Gasteiger partial charge in [0, 0.05) is 16.7 Å². The van der Waals surface area contributed by atoms with Crippen molar-refractivity contribution in [3.63, 3.8) is 0 Å². The third-order valence-electron chi connectivity index (χ3n) is 13.8. The zero-order valence-electron chi connectivity index (χ0n) is 36.5. The molecule has 0 fully saturated rings. The minimum atomic E-state index is -0.571. The van der Waals surface area contributed by atoms with Gasteiger partial charge in [0.15, 0.2) is 17.5 Å². The molecule has 13 rings (SSSR count). The van der Waals surface area contributed by atoms with Crippen LogP contribution < -0.4 is 0 Å². The van der Waals surface area contributed by atoms with Gasteiger partial charge in [0.25, 0.3) is 0 Å². The number of nitrogens with zero attached hydrogens (tertiary/aromatic N) is 3. The van der Waals surface area contributed by atoms with Gasteiger partial charge in [-0.1, -0.05) is 224 Å². The number of benzene rings is 10. The Morgan fingerprint density at radius 2 is 0.507 bits per heavy atom. The Morgan fingerprint density at radius 1 is 0.194 bits per heavy atom. The average Bonchev–Trinajstić information content (AvgIpc) is 3.65. The normalized spacial score (nSPS) is 12.6. The summed E-state index contributed by atoms with van der Waals surface area (Å²) in [5.74, 6) is 1.85. The maximum absolute atomic E-state index is 5.41. The lowest BCUT2D eigenvalue weighted by molar-refractivity contribution is 0.775. The molecule has 0 bridgehead atoms. The topological polar surface area (TPSA) is 38.7 Å². The first-order valence-electron chi connectivity index (χ1n) is 22.9. The summed E-state index contributed by atoms with van der Waals surface area (Å²) in [6.45, 7) is 0. The molecule has 0 amide bonds. The SMILES string of the molecule is c1ccc(-c2ccc(-c3nc(-c4cc(-c5ccccc5)cc(-c5ccccc5)c4)nc(-c4ccc5c(c4)-c4ccccc4C54c5ccccc5-c5ccccc5-c5ccccc54)n3)cc2)cc1. The van der Waals surface area contributed by atoms with E-state index in [9.17, 15) is 0 Å². The molecule has 3 nitrogen and oxygen atoms in total. The Kier molecular flexibility index (Phi) is 9.07. The van der Waals surface area contributed by atoms with Gasteiger partial charge in [0.2, 0.25) is 0 Å². The molecule has 0 saturated heterocycles. The number of aromatic nitrogens is 3. The number of hydrogen-bond donors (Lipinski definition) is 0. The van der Waals surface area contributed by atoms with Crippen LogP contribution in [0.15, 0.2) is 249 Å². The molecule has 312 valence electrons. The van der Waals surface area contributed by atoms with E-state index < -0.39 is 5.41 Å². The highest BCUT2D eigenvalue weighted by Crippen LogP contribution is 2.61. The van der Waals surface area contributed by atoms with E-state index in [4.69, 9.17) is 15.0 Å². The van der Waals surface area contributed by atoms with E-state index in [0.717, 1.165) is 50.1 Å². The van der Waals surface area contributed by atoms with E-state index in [1.54, 1.807) is 0 Å². The van der Waals surface area contributed by atoms with E-state index in [2.05, 4.69) is 243 Å². The molecule has 0 N–H and O–H groups in total. The summed E-state index contributed by atoms with van der Waals surface area (Å²) in [6, 6.07) is 89.6. The predicted octanol–water partition coefficient (Wildman–Crippen LogP) is 15.9. The summed E-state index contributed by atoms with van der Waals surface area (Å²) in [5.41, 5.74) is 21.4. The third-order valence-corrected chi connectivity index (χ3v) is 13.8. The van der Waals surface area contributed by atoms with Crippen molar-refractivity contribution in [3.05, 3.63) is 271 Å². The first kappa shape index (κ1) is 38.6. The van der Waals surface area contributed by atoms with Crippen LogP contribution in [-0.4, -0.2) is 15.0 Å². The van der Waals surface area contributed by atoms with Gasteiger partial charge in [-0.3, -0.25) is 0 Å². The van der Waals surface area contributed by atoms with E-state index in [0.29, 0.717) is 17.5 Å². The minimum absolute atomic E-state index is 0.571. The van der Waals surface area contributed by atoms with Gasteiger partial charge < -0.3 is 0 Å². The lowest BCUT2D eigenvalue weighted by Crippen LogP contribution is -2.29. The second kappa shape index (κ2) is 15.7. The van der Waals surface area contributed by atoms with E-state index in [1.165, 1.54) is 55.6 Å². The van der Waals surface area contributed by atoms with Crippen molar-refractivity contribution >= 4 is 0 Å². The molecule has 0 saturated carbocycles. The van der Waals surface area contributed by atoms with E-state index in [-0.39, 0.29) is 0 Å². The van der Waals surface area contributed by atoms with Crippen LogP contribution in [-0.2, 0) is 5.41 Å². The zero-order chi connectivity index (χ0) is 44.3. The molecule has 1 heterocycles. The summed E-state index contributed by atoms with van der Waals surface area (Å²) in [7, 11) is 0. The summed E-state index contributed by atoms with van der Waals surface area (Å²) < 4.78 is 0. The van der Waals surface area contributed by atoms with Crippen LogP contribution in [0.3, 0.4) is 0 Å². The highest BCUT2D eigenvalue weighted by Gasteiger charge is 2.49. The van der Waals surface area contributed by atoms with Crippen LogP contribution in [0, 0.1) is 0 Å². The molecule has 0 unspecified atom stereocenters. The first-order chi connectivity index (χ1) is 33.2. The van der Waals surface area contributed by atoms with Gasteiger partial charge in [-0.05, 0) is 113 Å². The van der Waals surface area contributed by atoms with Crippen LogP contribution in [0.2, 0.25) is 0 Å². The zero-order valence-corrected chi connectivity index (χ0v) is 36.5. The molecular weight excluding hydrogens is 811 g/mol. The van der Waals surface area contributed by atoms with E-state index >= 15 is 0 Å². The van der Waals surface area contributed by atoms with Crippen LogP contribution in [0.1, 0.15) is 22.3 Å². The van der Waals surface area contributed by atoms with Crippen molar-refractivity contribution < 1.29 is 0 Å². The summed E-state index contributed by atoms with van der Waals surface area (Å²) in [4.78, 5) is 16.1. The number of hydrogen-bond acceptors (Lipinski definition) is 3. The second-order valence-electron chi connectivity index (χ2n) is 17.5. The lowest BCUT2D eigenvalue weighted by Gasteiger charge is -2.35. The number of fused-ring (bicyclic) bond motifs is 12. The molecule has 2 aliphatic carbocycles. The van der Waals surface area contributed by atoms with Crippen LogP contribution in [0.4, 0.5) is 0 Å². The fourth-order valence-corrected chi connectivity index (χ4v) is 10.7. The van der Waals surface area contributed by atoms with Crippen molar-refractivity contribution in [2.75, 3.05) is 0 Å². The summed E-state index contributed by atoms with van der Waals surface area (Å²) >= 11 is 0. The molecule has 67 heavy (non-hydrogen) atoms. The first-order valence-corrected chi connectivity index (χ1v) is 22.9. The minimum Gasteiger partial charge on any atom is -0.208 e. The maximum Gasteiger partial charge on any atom is 0.164 e. The molecule has 0 radical (unpaired) electrons. The highest BCUT2D eigenvalue weighted by molar-refractivity contribution is 5.98. The molecule has 10 aromatic carbocycles. The van der Waals surface area contributed by atoms with Gasteiger partial charge in [-0.15, -0.1) is 0 Å². The van der Waals surface area contributed by atoms with Crippen molar-refractivity contribution in [2.45, 2.75) is 5.41 Å². The van der Waals surface area contributed by atoms with Crippen molar-refractivity contribution in [2.24, 2.45) is 0 Å². The third kappa shape index (κ3) is 6.31. The molecule has 3 heteroatoms. The standard InChI is InChI=1S/C64H41N3/c1-4-18-42(19-5-1)45-32-34-46(35-33-45)61-65-62(67-63(66-61)50-39-48(43-20-6-2-7-21-43)38-49(40-50)44-22-8-3-9-23-44)47-36-37-60-56(41-47)55-28-14-17-31-59(55)64(60)57-29-15-12-26-53(57)51-24-10-11-25-52(51)54-27-13-16-30-58(54)64/h1-41H. The Bertz CT molecular complexity index is 3550. The van der Waals surface area contributed by atoms with Crippen molar-refractivity contribution in [1.29, 1.82) is 0 Å². The van der Waals surface area contributed by atoms with Gasteiger partial charge in [0.05, 0.1) is 5.41 Å². The smallest absolute Gasteiger partial charge is 0.164 e. The fourth-order valence-electron chi connectivity index (χ4n) is 10.7. The molecule has 11 aromatic rings. The van der Waals surface area contributed by atoms with Gasteiger partial charge in [0.1, 0.15) is 0 Å². The second-order valence-corrected chi connectivity index (χ2v) is 17.5. The predicted molar refractivity (Wildman–Crippen MR) is 274 cm³/mol. The molecule has 0 aliphatic heterocycles. The Morgan fingerprint density at radius 3 is 1.00 bits per heavy atom. The summed E-state index contributed by atoms with van der Waals surface area (Å²) in [6.07, 6.45) is 0. The monoisotopic (exact) mass is 851 g/mol. The molecule has 2 aliphatic rings. The van der Waals surface area contributed by atoms with Crippen LogP contribution >= 0.6 is 0 Å².